The minimum absolute atomic E-state index is 0.127. The molecule has 2 rings (SSSR count). The molecule has 1 aromatic carbocycles. The number of alkyl halides is 3. The number of carbonyl (C=O) groups excluding carboxylic acids is 3. The second-order valence-corrected chi connectivity index (χ2v) is 6.01. The zero-order valence-corrected chi connectivity index (χ0v) is 13.8. The molecule has 1 heterocycles. The molecule has 0 unspecified atom stereocenters. The van der Waals surface area contributed by atoms with E-state index in [2.05, 4.69) is 0 Å². The number of ketones is 1. The first kappa shape index (κ1) is 19.9. The topological polar surface area (TPSA) is 66.5 Å². The number of amides is 2. The standard InChI is InChI=1S/C17H18F4N2O3/c18-12-5-3-11(4-6-12)14(24)7-8-15(25)23-9-1-2-13(23)16(26)22-10-17(19,20)21/h3-6,13H,1-2,7-10H2,(H,22,26)/t13-/m1/s1. The van der Waals surface area contributed by atoms with Gasteiger partial charge in [0.1, 0.15) is 18.4 Å². The van der Waals surface area contributed by atoms with Crippen LogP contribution in [0.15, 0.2) is 24.3 Å². The fourth-order valence-corrected chi connectivity index (χ4v) is 2.79. The smallest absolute Gasteiger partial charge is 0.345 e. The third-order valence-corrected chi connectivity index (χ3v) is 4.07. The Labute approximate surface area is 147 Å². The SMILES string of the molecule is O=C(CCC(=O)N1CCC[C@@H]1C(=O)NCC(F)(F)F)c1ccc(F)cc1. The van der Waals surface area contributed by atoms with Crippen LogP contribution >= 0.6 is 0 Å². The first-order chi connectivity index (χ1) is 12.2. The molecule has 26 heavy (non-hydrogen) atoms. The van der Waals surface area contributed by atoms with Gasteiger partial charge in [0.15, 0.2) is 5.78 Å². The number of rotatable bonds is 6. The van der Waals surface area contributed by atoms with Crippen molar-refractivity contribution in [2.24, 2.45) is 0 Å². The predicted octanol–water partition coefficient (Wildman–Crippen LogP) is 2.46. The molecule has 0 spiro atoms. The van der Waals surface area contributed by atoms with E-state index in [0.29, 0.717) is 6.42 Å². The summed E-state index contributed by atoms with van der Waals surface area (Å²) < 4.78 is 49.4. The van der Waals surface area contributed by atoms with E-state index in [0.717, 1.165) is 12.1 Å². The van der Waals surface area contributed by atoms with Gasteiger partial charge in [-0.05, 0) is 37.1 Å². The lowest BCUT2D eigenvalue weighted by molar-refractivity contribution is -0.144. The number of hydrogen-bond acceptors (Lipinski definition) is 3. The molecular formula is C17H18F4N2O3. The van der Waals surface area contributed by atoms with Gasteiger partial charge in [0.2, 0.25) is 11.8 Å². The second-order valence-electron chi connectivity index (χ2n) is 6.01. The van der Waals surface area contributed by atoms with Gasteiger partial charge in [0.05, 0.1) is 0 Å². The summed E-state index contributed by atoms with van der Waals surface area (Å²) in [4.78, 5) is 37.4. The molecule has 1 N–H and O–H groups in total. The molecule has 1 aliphatic rings. The van der Waals surface area contributed by atoms with Gasteiger partial charge in [-0.15, -0.1) is 0 Å². The van der Waals surface area contributed by atoms with E-state index < -0.39 is 36.4 Å². The number of benzene rings is 1. The van der Waals surface area contributed by atoms with Gasteiger partial charge in [-0.1, -0.05) is 0 Å². The van der Waals surface area contributed by atoms with Crippen molar-refractivity contribution >= 4 is 17.6 Å². The highest BCUT2D eigenvalue weighted by Crippen LogP contribution is 2.20. The van der Waals surface area contributed by atoms with Crippen LogP contribution in [0.3, 0.4) is 0 Å². The van der Waals surface area contributed by atoms with E-state index in [1.165, 1.54) is 17.0 Å². The van der Waals surface area contributed by atoms with E-state index in [4.69, 9.17) is 0 Å². The molecule has 5 nitrogen and oxygen atoms in total. The van der Waals surface area contributed by atoms with E-state index >= 15 is 0 Å². The minimum atomic E-state index is -4.52. The zero-order valence-electron chi connectivity index (χ0n) is 13.8. The number of carbonyl (C=O) groups is 3. The van der Waals surface area contributed by atoms with Gasteiger partial charge in [-0.3, -0.25) is 14.4 Å². The maximum absolute atomic E-state index is 12.8. The number of nitrogens with one attached hydrogen (secondary N) is 1. The van der Waals surface area contributed by atoms with Gasteiger partial charge in [0.25, 0.3) is 0 Å². The maximum atomic E-state index is 12.8. The molecular weight excluding hydrogens is 356 g/mol. The summed E-state index contributed by atoms with van der Waals surface area (Å²) in [6, 6.07) is 3.94. The van der Waals surface area contributed by atoms with E-state index in [-0.39, 0.29) is 37.2 Å². The van der Waals surface area contributed by atoms with Crippen LogP contribution < -0.4 is 5.32 Å². The molecule has 0 aromatic heterocycles. The van der Waals surface area contributed by atoms with Gasteiger partial charge in [0, 0.05) is 24.9 Å². The summed E-state index contributed by atoms with van der Waals surface area (Å²) in [5, 5.41) is 1.79. The molecule has 1 fully saturated rings. The molecule has 1 saturated heterocycles. The summed E-state index contributed by atoms with van der Waals surface area (Å²) in [6.07, 6.45) is -4.04. The molecule has 0 saturated carbocycles. The summed E-state index contributed by atoms with van der Waals surface area (Å²) >= 11 is 0. The zero-order chi connectivity index (χ0) is 19.3. The van der Waals surface area contributed by atoms with E-state index in [1.807, 2.05) is 0 Å². The van der Waals surface area contributed by atoms with Crippen LogP contribution in [-0.2, 0) is 9.59 Å². The van der Waals surface area contributed by atoms with Crippen molar-refractivity contribution in [3.63, 3.8) is 0 Å². The largest absolute Gasteiger partial charge is 0.405 e. The molecule has 1 atom stereocenters. The summed E-state index contributed by atoms with van der Waals surface area (Å²) in [7, 11) is 0. The molecule has 1 aromatic rings. The number of halogens is 4. The minimum Gasteiger partial charge on any atom is -0.345 e. The summed E-state index contributed by atoms with van der Waals surface area (Å²) in [6.45, 7) is -1.19. The van der Waals surface area contributed by atoms with Crippen LogP contribution in [0.4, 0.5) is 17.6 Å². The van der Waals surface area contributed by atoms with Crippen LogP contribution in [-0.4, -0.2) is 47.8 Å². The fourth-order valence-electron chi connectivity index (χ4n) is 2.79. The van der Waals surface area contributed by atoms with Crippen LogP contribution in [0.2, 0.25) is 0 Å². The third kappa shape index (κ3) is 5.53. The quantitative estimate of drug-likeness (QED) is 0.615. The number of Topliss-reactive ketones (excluding diaryl/α,β-unsaturated/α-hetero) is 1. The Morgan fingerprint density at radius 1 is 1.12 bits per heavy atom. The third-order valence-electron chi connectivity index (χ3n) is 4.07. The Hall–Kier alpha value is -2.45. The molecule has 2 amide bonds. The van der Waals surface area contributed by atoms with Crippen LogP contribution in [0.1, 0.15) is 36.0 Å². The average molecular weight is 374 g/mol. The highest BCUT2D eigenvalue weighted by atomic mass is 19.4. The van der Waals surface area contributed by atoms with Crippen LogP contribution in [0.5, 0.6) is 0 Å². The maximum Gasteiger partial charge on any atom is 0.405 e. The Balaban J connectivity index is 1.88. The van der Waals surface area contributed by atoms with Gasteiger partial charge in [-0.2, -0.15) is 13.2 Å². The Bertz CT molecular complexity index is 674. The lowest BCUT2D eigenvalue weighted by atomic mass is 10.1. The highest BCUT2D eigenvalue weighted by molar-refractivity contribution is 5.98. The summed E-state index contributed by atoms with van der Waals surface area (Å²) in [5.74, 6) is -2.15. The van der Waals surface area contributed by atoms with Crippen molar-refractivity contribution < 1.29 is 31.9 Å². The number of hydrogen-bond donors (Lipinski definition) is 1. The van der Waals surface area contributed by atoms with Crippen molar-refractivity contribution in [2.45, 2.75) is 37.9 Å². The predicted molar refractivity (Wildman–Crippen MR) is 83.8 cm³/mol. The van der Waals surface area contributed by atoms with Gasteiger partial charge < -0.3 is 10.2 Å². The van der Waals surface area contributed by atoms with E-state index in [9.17, 15) is 31.9 Å². The highest BCUT2D eigenvalue weighted by Gasteiger charge is 2.36. The molecule has 142 valence electrons. The lowest BCUT2D eigenvalue weighted by Crippen LogP contribution is -2.48. The lowest BCUT2D eigenvalue weighted by Gasteiger charge is -2.24. The van der Waals surface area contributed by atoms with Crippen molar-refractivity contribution in [3.8, 4) is 0 Å². The number of likely N-dealkylation sites (tertiary alicyclic amines) is 1. The Morgan fingerprint density at radius 3 is 2.38 bits per heavy atom. The summed E-state index contributed by atoms with van der Waals surface area (Å²) in [5.41, 5.74) is 0.264. The molecule has 0 bridgehead atoms. The van der Waals surface area contributed by atoms with E-state index in [1.54, 1.807) is 5.32 Å². The first-order valence-electron chi connectivity index (χ1n) is 8.10. The second kappa shape index (κ2) is 8.29. The average Bonchev–Trinajstić information content (AvgIpc) is 3.07. The van der Waals surface area contributed by atoms with Crippen molar-refractivity contribution in [2.75, 3.05) is 13.1 Å². The molecule has 0 aliphatic carbocycles. The monoisotopic (exact) mass is 374 g/mol. The normalized spacial score (nSPS) is 17.2. The molecule has 9 heteroatoms. The molecule has 1 aliphatic heterocycles. The van der Waals surface area contributed by atoms with Gasteiger partial charge in [-0.25, -0.2) is 4.39 Å². The van der Waals surface area contributed by atoms with Crippen LogP contribution in [0.25, 0.3) is 0 Å². The van der Waals surface area contributed by atoms with Crippen molar-refractivity contribution in [3.05, 3.63) is 35.6 Å². The van der Waals surface area contributed by atoms with Crippen molar-refractivity contribution in [1.29, 1.82) is 0 Å². The van der Waals surface area contributed by atoms with Crippen molar-refractivity contribution in [1.82, 2.24) is 10.2 Å². The Kier molecular flexibility index (Phi) is 6.33. The fraction of sp³-hybridized carbons (Fsp3) is 0.471. The van der Waals surface area contributed by atoms with Crippen LogP contribution in [0, 0.1) is 5.82 Å². The Morgan fingerprint density at radius 2 is 1.77 bits per heavy atom. The van der Waals surface area contributed by atoms with Gasteiger partial charge >= 0.3 is 6.18 Å². The number of nitrogens with zero attached hydrogens (tertiary/aromatic N) is 1. The first-order valence-corrected chi connectivity index (χ1v) is 8.10. The molecule has 0 radical (unpaired) electrons.